The molecule has 2 aliphatic rings. The van der Waals surface area contributed by atoms with Gasteiger partial charge in [0.2, 0.25) is 15.9 Å². The summed E-state index contributed by atoms with van der Waals surface area (Å²) in [5.74, 6) is 0.289. The third-order valence-corrected chi connectivity index (χ3v) is 8.62. The Labute approximate surface area is 167 Å². The van der Waals surface area contributed by atoms with Gasteiger partial charge >= 0.3 is 0 Å². The maximum atomic E-state index is 12.9. The van der Waals surface area contributed by atoms with Gasteiger partial charge < -0.3 is 4.90 Å². The molecule has 6 nitrogen and oxygen atoms in total. The van der Waals surface area contributed by atoms with Gasteiger partial charge in [0.15, 0.2) is 0 Å². The summed E-state index contributed by atoms with van der Waals surface area (Å²) in [4.78, 5) is 17.3. The van der Waals surface area contributed by atoms with E-state index in [1.807, 2.05) is 4.90 Å². The first kappa shape index (κ1) is 20.8. The van der Waals surface area contributed by atoms with Crippen molar-refractivity contribution in [3.8, 4) is 0 Å². The molecule has 0 radical (unpaired) electrons. The minimum absolute atomic E-state index is 0.0358. The molecule has 27 heavy (non-hydrogen) atoms. The molecule has 2 heterocycles. The van der Waals surface area contributed by atoms with Gasteiger partial charge in [-0.2, -0.15) is 0 Å². The Morgan fingerprint density at radius 1 is 1.11 bits per heavy atom. The number of carbonyl (C=O) groups is 1. The fourth-order valence-electron chi connectivity index (χ4n) is 4.01. The van der Waals surface area contributed by atoms with Crippen molar-refractivity contribution in [1.82, 2.24) is 14.5 Å². The first-order valence-electron chi connectivity index (χ1n) is 9.76. The molecule has 1 saturated carbocycles. The van der Waals surface area contributed by atoms with E-state index >= 15 is 0 Å². The quantitative estimate of drug-likeness (QED) is 0.824. The van der Waals surface area contributed by atoms with Crippen LogP contribution >= 0.6 is 11.3 Å². The summed E-state index contributed by atoms with van der Waals surface area (Å²) in [6, 6.07) is 3.30. The molecule has 0 unspecified atom stereocenters. The van der Waals surface area contributed by atoms with Crippen LogP contribution in [-0.2, 0) is 14.8 Å². The van der Waals surface area contributed by atoms with Crippen molar-refractivity contribution in [2.24, 2.45) is 5.92 Å². The summed E-state index contributed by atoms with van der Waals surface area (Å²) in [6.07, 6.45) is 2.97. The van der Waals surface area contributed by atoms with Crippen LogP contribution in [0.4, 0.5) is 0 Å². The maximum Gasteiger partial charge on any atom is 0.250 e. The Morgan fingerprint density at radius 2 is 1.74 bits per heavy atom. The number of carbonyl (C=O) groups excluding carboxylic acids is 1. The van der Waals surface area contributed by atoms with E-state index in [4.69, 9.17) is 0 Å². The predicted molar refractivity (Wildman–Crippen MR) is 108 cm³/mol. The van der Waals surface area contributed by atoms with Crippen LogP contribution < -0.4 is 4.72 Å². The van der Waals surface area contributed by atoms with E-state index in [0.717, 1.165) is 51.9 Å². The Balaban J connectivity index is 1.47. The van der Waals surface area contributed by atoms with E-state index < -0.39 is 10.0 Å². The average Bonchev–Trinajstić information content (AvgIpc) is 3.17. The highest BCUT2D eigenvalue weighted by Gasteiger charge is 2.34. The molecule has 2 fully saturated rings. The molecule has 0 atom stereocenters. The first-order valence-corrected chi connectivity index (χ1v) is 12.1. The lowest BCUT2D eigenvalue weighted by Gasteiger charge is -2.43. The van der Waals surface area contributed by atoms with Gasteiger partial charge in [-0.15, -0.1) is 11.3 Å². The molecule has 1 N–H and O–H groups in total. The third kappa shape index (κ3) is 5.10. The first-order chi connectivity index (χ1) is 12.7. The van der Waals surface area contributed by atoms with Crippen molar-refractivity contribution in [2.45, 2.75) is 62.2 Å². The number of amides is 1. The van der Waals surface area contributed by atoms with Crippen LogP contribution in [0.1, 0.15) is 46.5 Å². The summed E-state index contributed by atoms with van der Waals surface area (Å²) in [6.45, 7) is 10.1. The van der Waals surface area contributed by atoms with E-state index in [0.29, 0.717) is 4.21 Å². The van der Waals surface area contributed by atoms with E-state index in [1.165, 1.54) is 11.3 Å². The number of nitrogens with one attached hydrogen (secondary N) is 1. The number of thiophene rings is 1. The number of piperazine rings is 1. The monoisotopic (exact) mass is 413 g/mol. The molecule has 1 saturated heterocycles. The summed E-state index contributed by atoms with van der Waals surface area (Å²) < 4.78 is 27.9. The zero-order valence-electron chi connectivity index (χ0n) is 16.5. The van der Waals surface area contributed by atoms with Crippen molar-refractivity contribution in [3.63, 3.8) is 0 Å². The van der Waals surface area contributed by atoms with Gasteiger partial charge in [0.05, 0.1) is 0 Å². The standard InChI is InChI=1S/C19H31N3O3S2/c1-19(2,3)22-12-10-21(11-13-22)18(23)15-6-8-16(9-7-15)20-27(24,25)17-5-4-14-26-17/h4-5,14-16,20H,6-13H2,1-3H3/t15-,16-. The van der Waals surface area contributed by atoms with Gasteiger partial charge in [-0.25, -0.2) is 13.1 Å². The molecule has 1 aromatic rings. The smallest absolute Gasteiger partial charge is 0.250 e. The lowest BCUT2D eigenvalue weighted by Crippen LogP contribution is -2.55. The van der Waals surface area contributed by atoms with Crippen LogP contribution in [0.15, 0.2) is 21.7 Å². The summed E-state index contributed by atoms with van der Waals surface area (Å²) in [7, 11) is -3.43. The molecule has 0 bridgehead atoms. The number of sulfonamides is 1. The molecule has 0 aromatic carbocycles. The molecule has 152 valence electrons. The van der Waals surface area contributed by atoms with Crippen molar-refractivity contribution in [3.05, 3.63) is 17.5 Å². The zero-order valence-corrected chi connectivity index (χ0v) is 18.1. The highest BCUT2D eigenvalue weighted by Crippen LogP contribution is 2.28. The van der Waals surface area contributed by atoms with Crippen LogP contribution in [0, 0.1) is 5.92 Å². The molecule has 1 amide bonds. The van der Waals surface area contributed by atoms with Crippen LogP contribution in [-0.4, -0.2) is 61.9 Å². The minimum Gasteiger partial charge on any atom is -0.340 e. The van der Waals surface area contributed by atoms with Crippen LogP contribution in [0.5, 0.6) is 0 Å². The van der Waals surface area contributed by atoms with Crippen LogP contribution in [0.25, 0.3) is 0 Å². The molecule has 1 aromatic heterocycles. The molecule has 1 aliphatic heterocycles. The molecular weight excluding hydrogens is 382 g/mol. The van der Waals surface area contributed by atoms with E-state index in [9.17, 15) is 13.2 Å². The fraction of sp³-hybridized carbons (Fsp3) is 0.737. The zero-order chi connectivity index (χ0) is 19.7. The van der Waals surface area contributed by atoms with Crippen molar-refractivity contribution >= 4 is 27.3 Å². The van der Waals surface area contributed by atoms with Crippen LogP contribution in [0.2, 0.25) is 0 Å². The topological polar surface area (TPSA) is 69.7 Å². The Morgan fingerprint density at radius 3 is 2.26 bits per heavy atom. The molecule has 3 rings (SSSR count). The second-order valence-corrected chi connectivity index (χ2v) is 11.5. The van der Waals surface area contributed by atoms with Gasteiger partial charge in [0, 0.05) is 43.7 Å². The van der Waals surface area contributed by atoms with Gasteiger partial charge in [0.25, 0.3) is 0 Å². The van der Waals surface area contributed by atoms with Crippen molar-refractivity contribution in [2.75, 3.05) is 26.2 Å². The molecule has 8 heteroatoms. The summed E-state index contributed by atoms with van der Waals surface area (Å²) >= 11 is 1.23. The fourth-order valence-corrected chi connectivity index (χ4v) is 6.32. The van der Waals surface area contributed by atoms with Gasteiger partial charge in [-0.1, -0.05) is 6.07 Å². The SMILES string of the molecule is CC(C)(C)N1CCN(C(=O)[C@H]2CC[C@H](NS(=O)(=O)c3cccs3)CC2)CC1. The normalized spacial score (nSPS) is 25.5. The molecular formula is C19H31N3O3S2. The Kier molecular flexibility index (Phi) is 6.30. The van der Waals surface area contributed by atoms with Gasteiger partial charge in [-0.05, 0) is 57.9 Å². The molecule has 1 aliphatic carbocycles. The predicted octanol–water partition coefficient (Wildman–Crippen LogP) is 2.53. The van der Waals surface area contributed by atoms with Crippen molar-refractivity contribution in [1.29, 1.82) is 0 Å². The second-order valence-electron chi connectivity index (χ2n) is 8.59. The molecule has 0 spiro atoms. The number of hydrogen-bond donors (Lipinski definition) is 1. The summed E-state index contributed by atoms with van der Waals surface area (Å²) in [5, 5.41) is 1.77. The number of hydrogen-bond acceptors (Lipinski definition) is 5. The van der Waals surface area contributed by atoms with E-state index in [2.05, 4.69) is 30.4 Å². The number of nitrogens with zero attached hydrogens (tertiary/aromatic N) is 2. The second kappa shape index (κ2) is 8.19. The number of rotatable bonds is 4. The summed E-state index contributed by atoms with van der Waals surface area (Å²) in [5.41, 5.74) is 0.146. The lowest BCUT2D eigenvalue weighted by atomic mass is 9.85. The van der Waals surface area contributed by atoms with Gasteiger partial charge in [-0.3, -0.25) is 9.69 Å². The highest BCUT2D eigenvalue weighted by atomic mass is 32.2. The third-order valence-electron chi connectivity index (χ3n) is 5.70. The Hall–Kier alpha value is -0.960. The van der Waals surface area contributed by atoms with Crippen molar-refractivity contribution < 1.29 is 13.2 Å². The average molecular weight is 414 g/mol. The highest BCUT2D eigenvalue weighted by molar-refractivity contribution is 7.91. The largest absolute Gasteiger partial charge is 0.340 e. The maximum absolute atomic E-state index is 12.9. The van der Waals surface area contributed by atoms with Crippen LogP contribution in [0.3, 0.4) is 0 Å². The van der Waals surface area contributed by atoms with Gasteiger partial charge in [0.1, 0.15) is 4.21 Å². The lowest BCUT2D eigenvalue weighted by molar-refractivity contribution is -0.139. The minimum atomic E-state index is -3.43. The van der Waals surface area contributed by atoms with E-state index in [-0.39, 0.29) is 23.4 Å². The van der Waals surface area contributed by atoms with E-state index in [1.54, 1.807) is 17.5 Å². The Bertz CT molecular complexity index is 725.